The van der Waals surface area contributed by atoms with E-state index in [4.69, 9.17) is 0 Å². The first-order chi connectivity index (χ1) is 4.47. The lowest BCUT2D eigenvalue weighted by Crippen LogP contribution is -1.94. The van der Waals surface area contributed by atoms with Crippen LogP contribution in [-0.2, 0) is 0 Å². The number of fused-ring (bicyclic) bond motifs is 1. The van der Waals surface area contributed by atoms with E-state index in [0.29, 0.717) is 15.2 Å². The molecule has 0 saturated carbocycles. The molecule has 0 amide bonds. The lowest BCUT2D eigenvalue weighted by atomic mass is 10.4. The van der Waals surface area contributed by atoms with Crippen LogP contribution in [-0.4, -0.2) is 24.6 Å². The summed E-state index contributed by atoms with van der Waals surface area (Å²) >= 11 is 0. The van der Waals surface area contributed by atoms with Gasteiger partial charge in [-0.2, -0.15) is 0 Å². The summed E-state index contributed by atoms with van der Waals surface area (Å²) in [6.07, 6.45) is 11.4. The highest BCUT2D eigenvalue weighted by Gasteiger charge is 2.27. The van der Waals surface area contributed by atoms with Crippen molar-refractivity contribution in [2.45, 2.75) is 19.3 Å². The van der Waals surface area contributed by atoms with Gasteiger partial charge in [-0.15, -0.1) is 0 Å². The van der Waals surface area contributed by atoms with E-state index < -0.39 is 0 Å². The Kier molecular flexibility index (Phi) is 2.08. The molecule has 2 heteroatoms. The molecule has 2 saturated heterocycles. The summed E-state index contributed by atoms with van der Waals surface area (Å²) in [5.74, 6) is 0. The first-order valence-electron chi connectivity index (χ1n) is 3.96. The molecule has 2 heterocycles. The molecule has 2 atom stereocenters. The SMILES string of the molecule is C1CCP2CCCP2C1. The van der Waals surface area contributed by atoms with Crippen LogP contribution in [0.5, 0.6) is 0 Å². The molecule has 2 unspecified atom stereocenters. The zero-order valence-electron chi connectivity index (χ0n) is 5.84. The van der Waals surface area contributed by atoms with E-state index in [1.807, 2.05) is 0 Å². The Morgan fingerprint density at radius 1 is 0.556 bits per heavy atom. The molecule has 0 bridgehead atoms. The summed E-state index contributed by atoms with van der Waals surface area (Å²) in [4.78, 5) is 0. The average Bonchev–Trinajstić information content (AvgIpc) is 2.33. The van der Waals surface area contributed by atoms with Gasteiger partial charge in [-0.1, -0.05) is 15.2 Å². The largest absolute Gasteiger partial charge is 0.0810 e. The van der Waals surface area contributed by atoms with Crippen LogP contribution in [0.15, 0.2) is 0 Å². The molecular weight excluding hydrogens is 146 g/mol. The molecule has 9 heavy (non-hydrogen) atoms. The lowest BCUT2D eigenvalue weighted by Gasteiger charge is -2.25. The van der Waals surface area contributed by atoms with Gasteiger partial charge in [0.1, 0.15) is 0 Å². The van der Waals surface area contributed by atoms with Crippen molar-refractivity contribution >= 4 is 15.2 Å². The lowest BCUT2D eigenvalue weighted by molar-refractivity contribution is 0.893. The highest BCUT2D eigenvalue weighted by Crippen LogP contribution is 2.75. The summed E-state index contributed by atoms with van der Waals surface area (Å²) < 4.78 is 0. The van der Waals surface area contributed by atoms with E-state index in [1.54, 1.807) is 43.9 Å². The molecule has 52 valence electrons. The fourth-order valence-electron chi connectivity index (χ4n) is 1.81. The molecule has 0 aliphatic carbocycles. The van der Waals surface area contributed by atoms with Gasteiger partial charge in [0, 0.05) is 0 Å². The van der Waals surface area contributed by atoms with Crippen LogP contribution in [0.4, 0.5) is 0 Å². The number of rotatable bonds is 0. The van der Waals surface area contributed by atoms with Gasteiger partial charge >= 0.3 is 0 Å². The van der Waals surface area contributed by atoms with Crippen molar-refractivity contribution in [2.75, 3.05) is 24.6 Å². The van der Waals surface area contributed by atoms with Gasteiger partial charge in [0.05, 0.1) is 0 Å². The normalized spacial score (nSPS) is 42.7. The Bertz CT molecular complexity index is 91.1. The third-order valence-corrected chi connectivity index (χ3v) is 11.2. The molecular formula is C7H14P2. The highest BCUT2D eigenvalue weighted by molar-refractivity contribution is 8.30. The molecule has 0 aromatic heterocycles. The molecule has 2 aliphatic heterocycles. The molecule has 0 spiro atoms. The van der Waals surface area contributed by atoms with Crippen molar-refractivity contribution in [3.63, 3.8) is 0 Å². The van der Waals surface area contributed by atoms with Crippen LogP contribution in [0.1, 0.15) is 19.3 Å². The summed E-state index contributed by atoms with van der Waals surface area (Å²) in [6, 6.07) is 0. The fourth-order valence-corrected chi connectivity index (χ4v) is 11.0. The second-order valence-corrected chi connectivity index (χ2v) is 10.2. The predicted molar refractivity (Wildman–Crippen MR) is 47.2 cm³/mol. The van der Waals surface area contributed by atoms with Gasteiger partial charge in [0.2, 0.25) is 0 Å². The van der Waals surface area contributed by atoms with E-state index in [2.05, 4.69) is 0 Å². The Morgan fingerprint density at radius 3 is 1.56 bits per heavy atom. The van der Waals surface area contributed by atoms with E-state index in [-0.39, 0.29) is 0 Å². The Labute approximate surface area is 59.8 Å². The quantitative estimate of drug-likeness (QED) is 0.478. The minimum atomic E-state index is 0.645. The van der Waals surface area contributed by atoms with Crippen molar-refractivity contribution in [3.8, 4) is 0 Å². The average molecular weight is 160 g/mol. The molecule has 0 nitrogen and oxygen atoms in total. The third-order valence-electron chi connectivity index (χ3n) is 2.31. The zero-order valence-corrected chi connectivity index (χ0v) is 7.63. The zero-order chi connectivity index (χ0) is 6.10. The van der Waals surface area contributed by atoms with Crippen LogP contribution in [0.2, 0.25) is 0 Å². The van der Waals surface area contributed by atoms with Crippen LogP contribution in [0.3, 0.4) is 0 Å². The van der Waals surface area contributed by atoms with Gasteiger partial charge in [-0.3, -0.25) is 0 Å². The second-order valence-electron chi connectivity index (χ2n) is 2.97. The minimum Gasteiger partial charge on any atom is -0.0810 e. The first-order valence-corrected chi connectivity index (χ1v) is 8.09. The third kappa shape index (κ3) is 1.31. The van der Waals surface area contributed by atoms with Crippen molar-refractivity contribution < 1.29 is 0 Å². The minimum absolute atomic E-state index is 0.645. The van der Waals surface area contributed by atoms with E-state index in [9.17, 15) is 0 Å². The van der Waals surface area contributed by atoms with Gasteiger partial charge < -0.3 is 0 Å². The Balaban J connectivity index is 1.97. The monoisotopic (exact) mass is 160 g/mol. The first kappa shape index (κ1) is 6.56. The van der Waals surface area contributed by atoms with Crippen LogP contribution >= 0.6 is 15.2 Å². The summed E-state index contributed by atoms with van der Waals surface area (Å²) in [5, 5.41) is 0. The molecule has 2 rings (SSSR count). The summed E-state index contributed by atoms with van der Waals surface area (Å²) in [6.45, 7) is 0. The van der Waals surface area contributed by atoms with Gasteiger partial charge in [-0.25, -0.2) is 0 Å². The Morgan fingerprint density at radius 2 is 1.00 bits per heavy atom. The van der Waals surface area contributed by atoms with Crippen LogP contribution in [0.25, 0.3) is 0 Å². The summed E-state index contributed by atoms with van der Waals surface area (Å²) in [7, 11) is 1.29. The van der Waals surface area contributed by atoms with Gasteiger partial charge in [-0.05, 0) is 43.9 Å². The number of hydrogen-bond acceptors (Lipinski definition) is 0. The molecule has 0 aromatic carbocycles. The van der Waals surface area contributed by atoms with Crippen molar-refractivity contribution in [2.24, 2.45) is 0 Å². The topological polar surface area (TPSA) is 0 Å². The Hall–Kier alpha value is 0.860. The van der Waals surface area contributed by atoms with Gasteiger partial charge in [0.15, 0.2) is 0 Å². The van der Waals surface area contributed by atoms with Crippen molar-refractivity contribution in [3.05, 3.63) is 0 Å². The van der Waals surface area contributed by atoms with E-state index in [1.165, 1.54) is 0 Å². The van der Waals surface area contributed by atoms with Crippen LogP contribution < -0.4 is 0 Å². The maximum absolute atomic E-state index is 1.65. The van der Waals surface area contributed by atoms with E-state index in [0.717, 1.165) is 0 Å². The smallest absolute Gasteiger partial charge is 0.0284 e. The number of hydrogen-bond donors (Lipinski definition) is 0. The van der Waals surface area contributed by atoms with E-state index >= 15 is 0 Å². The molecule has 2 fully saturated rings. The highest BCUT2D eigenvalue weighted by atomic mass is 32.1. The maximum Gasteiger partial charge on any atom is -0.0284 e. The molecule has 0 radical (unpaired) electrons. The van der Waals surface area contributed by atoms with Crippen molar-refractivity contribution in [1.82, 2.24) is 0 Å². The maximum atomic E-state index is 1.65. The fraction of sp³-hybridized carbons (Fsp3) is 1.00. The van der Waals surface area contributed by atoms with Gasteiger partial charge in [0.25, 0.3) is 0 Å². The van der Waals surface area contributed by atoms with Crippen molar-refractivity contribution in [1.29, 1.82) is 0 Å². The summed E-state index contributed by atoms with van der Waals surface area (Å²) in [5.41, 5.74) is 0. The predicted octanol–water partition coefficient (Wildman–Crippen LogP) is 3.06. The molecule has 0 N–H and O–H groups in total. The second kappa shape index (κ2) is 2.85. The molecule has 2 aliphatic rings. The molecule has 0 aromatic rings. The van der Waals surface area contributed by atoms with Crippen LogP contribution in [0, 0.1) is 0 Å². The standard InChI is InChI=1S/C7H14P2/c1-2-5-9-7-3-6-8(9)4-1/h1-7H2.